The lowest BCUT2D eigenvalue weighted by Crippen LogP contribution is -1.97. The third-order valence-corrected chi connectivity index (χ3v) is 5.44. The topological polar surface area (TPSA) is 75.2 Å². The van der Waals surface area contributed by atoms with Crippen molar-refractivity contribution in [2.24, 2.45) is 0 Å². The number of nitrogens with zero attached hydrogens (tertiary/aromatic N) is 1. The highest BCUT2D eigenvalue weighted by molar-refractivity contribution is 7.99. The number of carboxylic acid groups (broad SMARTS) is 1. The van der Waals surface area contributed by atoms with Crippen molar-refractivity contribution in [2.45, 2.75) is 5.16 Å². The van der Waals surface area contributed by atoms with Gasteiger partial charge in [0.2, 0.25) is 0 Å². The van der Waals surface area contributed by atoms with Gasteiger partial charge < -0.3 is 14.8 Å². The summed E-state index contributed by atoms with van der Waals surface area (Å²) >= 11 is 7.50. The molecule has 0 aliphatic rings. The summed E-state index contributed by atoms with van der Waals surface area (Å²) in [4.78, 5) is 18.2. The molecule has 7 heteroatoms. The number of imidazole rings is 1. The van der Waals surface area contributed by atoms with Crippen LogP contribution in [0.2, 0.25) is 5.02 Å². The van der Waals surface area contributed by atoms with Crippen molar-refractivity contribution in [1.82, 2.24) is 9.97 Å². The van der Waals surface area contributed by atoms with E-state index >= 15 is 0 Å². The van der Waals surface area contributed by atoms with E-state index in [9.17, 15) is 4.79 Å². The highest BCUT2D eigenvalue weighted by atomic mass is 35.5. The van der Waals surface area contributed by atoms with Gasteiger partial charge in [0.1, 0.15) is 5.75 Å². The number of ether oxygens (including phenoxy) is 1. The number of nitrogens with one attached hydrogen (secondary N) is 1. The van der Waals surface area contributed by atoms with Gasteiger partial charge >= 0.3 is 5.97 Å². The predicted octanol–water partition coefficient (Wildman–Crippen LogP) is 4.95. The van der Waals surface area contributed by atoms with Crippen LogP contribution in [0.15, 0.2) is 53.7 Å². The van der Waals surface area contributed by atoms with E-state index in [1.54, 1.807) is 19.2 Å². The van der Waals surface area contributed by atoms with Crippen LogP contribution in [0, 0.1) is 11.8 Å². The minimum atomic E-state index is -0.895. The minimum absolute atomic E-state index is 0.0615. The van der Waals surface area contributed by atoms with Crippen LogP contribution in [0.4, 0.5) is 0 Å². The molecule has 4 aromatic rings. The number of aliphatic carboxylic acids is 1. The summed E-state index contributed by atoms with van der Waals surface area (Å²) in [5.74, 6) is 6.11. The molecule has 0 aliphatic carbocycles. The van der Waals surface area contributed by atoms with E-state index < -0.39 is 5.97 Å². The van der Waals surface area contributed by atoms with Crippen LogP contribution >= 0.6 is 23.4 Å². The average molecular weight is 423 g/mol. The maximum atomic E-state index is 10.7. The zero-order chi connectivity index (χ0) is 20.4. The largest absolute Gasteiger partial charge is 0.497 e. The Labute approximate surface area is 176 Å². The second kappa shape index (κ2) is 8.08. The highest BCUT2D eigenvalue weighted by Crippen LogP contribution is 2.26. The normalized spacial score (nSPS) is 10.7. The van der Waals surface area contributed by atoms with Crippen LogP contribution in [-0.4, -0.2) is 33.9 Å². The number of fused-ring (bicyclic) bond motifs is 2. The number of methoxy groups -OCH3 is 1. The summed E-state index contributed by atoms with van der Waals surface area (Å²) in [6.45, 7) is 0. The third-order valence-electron chi connectivity index (χ3n) is 4.27. The first-order chi connectivity index (χ1) is 14.0. The molecule has 3 aromatic carbocycles. The summed E-state index contributed by atoms with van der Waals surface area (Å²) in [7, 11) is 1.65. The molecular weight excluding hydrogens is 408 g/mol. The quantitative estimate of drug-likeness (QED) is 0.359. The van der Waals surface area contributed by atoms with E-state index in [1.807, 2.05) is 36.4 Å². The van der Waals surface area contributed by atoms with Crippen molar-refractivity contribution in [1.29, 1.82) is 0 Å². The average Bonchev–Trinajstić information content (AvgIpc) is 3.11. The molecule has 29 heavy (non-hydrogen) atoms. The molecule has 1 heterocycles. The molecule has 4 rings (SSSR count). The first-order valence-corrected chi connectivity index (χ1v) is 10.0. The van der Waals surface area contributed by atoms with Gasteiger partial charge in [0.25, 0.3) is 0 Å². The van der Waals surface area contributed by atoms with Crippen LogP contribution in [-0.2, 0) is 4.79 Å². The van der Waals surface area contributed by atoms with Crippen LogP contribution in [0.3, 0.4) is 0 Å². The first-order valence-electron chi connectivity index (χ1n) is 8.65. The lowest BCUT2D eigenvalue weighted by molar-refractivity contribution is -0.133. The van der Waals surface area contributed by atoms with Crippen LogP contribution in [0.1, 0.15) is 11.1 Å². The Hall–Kier alpha value is -3.14. The Balaban J connectivity index is 1.63. The van der Waals surface area contributed by atoms with E-state index in [4.69, 9.17) is 21.4 Å². The Bertz CT molecular complexity index is 1300. The molecule has 0 spiro atoms. The second-order valence-corrected chi connectivity index (χ2v) is 7.62. The Morgan fingerprint density at radius 3 is 2.76 bits per heavy atom. The van der Waals surface area contributed by atoms with Gasteiger partial charge in [-0.3, -0.25) is 4.79 Å². The molecule has 0 unspecified atom stereocenters. The fraction of sp³-hybridized carbons (Fsp3) is 0.0909. The first kappa shape index (κ1) is 19.2. The van der Waals surface area contributed by atoms with Gasteiger partial charge in [0.15, 0.2) is 5.16 Å². The molecule has 0 amide bonds. The fourth-order valence-electron chi connectivity index (χ4n) is 2.87. The number of thioether (sulfide) groups is 1. The van der Waals surface area contributed by atoms with E-state index in [1.165, 1.54) is 0 Å². The number of aromatic amines is 1. The summed E-state index contributed by atoms with van der Waals surface area (Å²) in [6, 6.07) is 15.4. The van der Waals surface area contributed by atoms with Gasteiger partial charge in [-0.2, -0.15) is 0 Å². The van der Waals surface area contributed by atoms with Gasteiger partial charge in [-0.25, -0.2) is 4.98 Å². The molecule has 144 valence electrons. The monoisotopic (exact) mass is 422 g/mol. The molecule has 0 saturated carbocycles. The van der Waals surface area contributed by atoms with Crippen molar-refractivity contribution in [3.8, 4) is 17.6 Å². The summed E-state index contributed by atoms with van der Waals surface area (Å²) in [6.07, 6.45) is 0. The van der Waals surface area contributed by atoms with Gasteiger partial charge in [-0.05, 0) is 47.2 Å². The zero-order valence-corrected chi connectivity index (χ0v) is 16.9. The van der Waals surface area contributed by atoms with Gasteiger partial charge in [-0.1, -0.05) is 47.3 Å². The second-order valence-electron chi connectivity index (χ2n) is 6.25. The van der Waals surface area contributed by atoms with E-state index in [0.29, 0.717) is 21.3 Å². The fourth-order valence-corrected chi connectivity index (χ4v) is 3.69. The number of halogens is 1. The molecule has 0 atom stereocenters. The third kappa shape index (κ3) is 4.32. The number of hydrogen-bond acceptors (Lipinski definition) is 4. The maximum Gasteiger partial charge on any atom is 0.313 e. The Morgan fingerprint density at radius 2 is 1.97 bits per heavy atom. The summed E-state index contributed by atoms with van der Waals surface area (Å²) in [5, 5.41) is 12.0. The summed E-state index contributed by atoms with van der Waals surface area (Å²) < 4.78 is 5.25. The van der Waals surface area contributed by atoms with E-state index in [2.05, 4.69) is 21.8 Å². The van der Waals surface area contributed by atoms with Crippen molar-refractivity contribution >= 4 is 51.1 Å². The molecular formula is C22H15ClN2O3S. The standard InChI is InChI=1S/C22H15ClN2O3S/c1-28-17-7-6-14-8-13(2-4-15(14)9-17)3-5-16-10-19-20(11-18(16)23)25-22(24-19)29-12-21(26)27/h2,4,6-11H,12H2,1H3,(H,24,25)(H,26,27). The van der Waals surface area contributed by atoms with Crippen LogP contribution < -0.4 is 4.74 Å². The van der Waals surface area contributed by atoms with E-state index in [0.717, 1.165) is 39.4 Å². The van der Waals surface area contributed by atoms with Crippen molar-refractivity contribution in [3.05, 3.63) is 64.7 Å². The Morgan fingerprint density at radius 1 is 1.17 bits per heavy atom. The number of rotatable bonds is 4. The molecule has 0 aliphatic heterocycles. The predicted molar refractivity (Wildman–Crippen MR) is 116 cm³/mol. The molecule has 0 bridgehead atoms. The number of hydrogen-bond donors (Lipinski definition) is 2. The van der Waals surface area contributed by atoms with Gasteiger partial charge in [0.05, 0.1) is 28.9 Å². The lowest BCUT2D eigenvalue weighted by Gasteiger charge is -2.02. The van der Waals surface area contributed by atoms with Gasteiger partial charge in [0, 0.05) is 11.1 Å². The number of benzene rings is 3. The number of carboxylic acids is 1. The zero-order valence-electron chi connectivity index (χ0n) is 15.3. The number of aromatic nitrogens is 2. The van der Waals surface area contributed by atoms with Gasteiger partial charge in [-0.15, -0.1) is 0 Å². The van der Waals surface area contributed by atoms with Crippen LogP contribution in [0.5, 0.6) is 5.75 Å². The van der Waals surface area contributed by atoms with E-state index in [-0.39, 0.29) is 5.75 Å². The molecule has 2 N–H and O–H groups in total. The smallest absolute Gasteiger partial charge is 0.313 e. The summed E-state index contributed by atoms with van der Waals surface area (Å²) in [5.41, 5.74) is 2.97. The number of H-pyrrole nitrogens is 1. The number of carbonyl (C=O) groups is 1. The van der Waals surface area contributed by atoms with Crippen molar-refractivity contribution in [3.63, 3.8) is 0 Å². The molecule has 5 nitrogen and oxygen atoms in total. The Kier molecular flexibility index (Phi) is 5.34. The maximum absolute atomic E-state index is 10.7. The molecule has 0 saturated heterocycles. The molecule has 0 fully saturated rings. The SMILES string of the molecule is COc1ccc2cc(C#Cc3cc4nc(SCC(=O)O)[nH]c4cc3Cl)ccc2c1. The van der Waals surface area contributed by atoms with Crippen molar-refractivity contribution < 1.29 is 14.6 Å². The van der Waals surface area contributed by atoms with Crippen LogP contribution in [0.25, 0.3) is 21.8 Å². The lowest BCUT2D eigenvalue weighted by atomic mass is 10.1. The minimum Gasteiger partial charge on any atom is -0.497 e. The molecule has 1 aromatic heterocycles. The highest BCUT2D eigenvalue weighted by Gasteiger charge is 2.09. The molecule has 0 radical (unpaired) electrons. The van der Waals surface area contributed by atoms with Crippen molar-refractivity contribution in [2.75, 3.05) is 12.9 Å².